The number of benzene rings is 1. The quantitative estimate of drug-likeness (QED) is 0.750. The van der Waals surface area contributed by atoms with Crippen LogP contribution < -0.4 is 0 Å². The van der Waals surface area contributed by atoms with Crippen LogP contribution in [0.5, 0.6) is 0 Å². The van der Waals surface area contributed by atoms with E-state index in [4.69, 9.17) is 15.8 Å². The van der Waals surface area contributed by atoms with E-state index in [1.165, 1.54) is 6.07 Å². The van der Waals surface area contributed by atoms with Crippen LogP contribution >= 0.6 is 0 Å². The van der Waals surface area contributed by atoms with Crippen LogP contribution in [0.3, 0.4) is 0 Å². The van der Waals surface area contributed by atoms with Gasteiger partial charge in [0.15, 0.2) is 0 Å². The molecule has 0 heterocycles. The Balaban J connectivity index is 3.63. The topological polar surface area (TPSA) is 71.4 Å². The fraction of sp³-hybridized carbons (Fsp3) is 0.182. The van der Waals surface area contributed by atoms with E-state index in [9.17, 15) is 13.2 Å². The van der Waals surface area contributed by atoms with E-state index in [-0.39, 0.29) is 11.1 Å². The first-order chi connectivity index (χ1) is 7.95. The number of nitrogens with zero attached hydrogens (tertiary/aromatic N) is 3. The maximum atomic E-state index is 12.6. The van der Waals surface area contributed by atoms with Crippen molar-refractivity contribution >= 4 is 0 Å². The molecule has 0 aliphatic rings. The van der Waals surface area contributed by atoms with Crippen molar-refractivity contribution in [3.05, 3.63) is 34.4 Å². The van der Waals surface area contributed by atoms with Gasteiger partial charge in [-0.2, -0.15) is 29.0 Å². The molecule has 3 nitrogen and oxygen atoms in total. The van der Waals surface area contributed by atoms with Gasteiger partial charge in [0.05, 0.1) is 29.2 Å². The molecule has 0 unspecified atom stereocenters. The molecular formula is C11H4F3N3. The standard InChI is InChI=1S/C11H4F3N3/c12-11(13,14)10-2-1-7(5-16)9(6-17)8(10)3-4-15/h1-2H,3H2. The van der Waals surface area contributed by atoms with Crippen LogP contribution in [0.4, 0.5) is 13.2 Å². The van der Waals surface area contributed by atoms with Crippen molar-refractivity contribution in [3.8, 4) is 18.2 Å². The smallest absolute Gasteiger partial charge is 0.198 e. The Morgan fingerprint density at radius 1 is 1.06 bits per heavy atom. The summed E-state index contributed by atoms with van der Waals surface area (Å²) in [5.74, 6) is 0. The molecule has 0 saturated heterocycles. The fourth-order valence-electron chi connectivity index (χ4n) is 1.40. The molecule has 0 aromatic heterocycles. The monoisotopic (exact) mass is 235 g/mol. The molecule has 0 N–H and O–H groups in total. The second-order valence-electron chi connectivity index (χ2n) is 3.07. The Bertz CT molecular complexity index is 568. The zero-order chi connectivity index (χ0) is 13.1. The Kier molecular flexibility index (Phi) is 3.36. The Hall–Kier alpha value is -2.52. The molecule has 0 aliphatic carbocycles. The molecule has 0 saturated carbocycles. The maximum Gasteiger partial charge on any atom is 0.416 e. The molecule has 0 amide bonds. The summed E-state index contributed by atoms with van der Waals surface area (Å²) in [5.41, 5.74) is -2.04. The molecule has 1 aromatic carbocycles. The first-order valence-electron chi connectivity index (χ1n) is 4.36. The van der Waals surface area contributed by atoms with Crippen LogP contribution in [0.2, 0.25) is 0 Å². The lowest BCUT2D eigenvalue weighted by molar-refractivity contribution is -0.138. The summed E-state index contributed by atoms with van der Waals surface area (Å²) in [7, 11) is 0. The normalized spacial score (nSPS) is 10.1. The van der Waals surface area contributed by atoms with Crippen molar-refractivity contribution in [1.29, 1.82) is 15.8 Å². The van der Waals surface area contributed by atoms with Gasteiger partial charge in [-0.05, 0) is 17.7 Å². The third-order valence-electron chi connectivity index (χ3n) is 2.11. The number of halogens is 3. The molecule has 0 radical (unpaired) electrons. The number of hydrogen-bond donors (Lipinski definition) is 0. The molecule has 0 aliphatic heterocycles. The molecule has 0 bridgehead atoms. The van der Waals surface area contributed by atoms with E-state index < -0.39 is 23.7 Å². The van der Waals surface area contributed by atoms with Gasteiger partial charge in [0, 0.05) is 0 Å². The van der Waals surface area contributed by atoms with Gasteiger partial charge in [-0.3, -0.25) is 0 Å². The van der Waals surface area contributed by atoms with Gasteiger partial charge in [-0.25, -0.2) is 0 Å². The lowest BCUT2D eigenvalue weighted by Crippen LogP contribution is -2.11. The zero-order valence-corrected chi connectivity index (χ0v) is 8.34. The van der Waals surface area contributed by atoms with Crippen molar-refractivity contribution < 1.29 is 13.2 Å². The number of rotatable bonds is 1. The minimum atomic E-state index is -4.65. The predicted molar refractivity (Wildman–Crippen MR) is 50.2 cm³/mol. The Morgan fingerprint density at radius 3 is 2.12 bits per heavy atom. The molecule has 0 atom stereocenters. The summed E-state index contributed by atoms with van der Waals surface area (Å²) < 4.78 is 37.9. The second-order valence-corrected chi connectivity index (χ2v) is 3.07. The molecule has 0 fully saturated rings. The van der Waals surface area contributed by atoms with Gasteiger partial charge in [0.2, 0.25) is 0 Å². The van der Waals surface area contributed by atoms with Gasteiger partial charge in [0.1, 0.15) is 12.1 Å². The number of nitriles is 3. The summed E-state index contributed by atoms with van der Waals surface area (Å²) in [6.07, 6.45) is -5.21. The average Bonchev–Trinajstić information content (AvgIpc) is 2.27. The highest BCUT2D eigenvalue weighted by Crippen LogP contribution is 2.34. The summed E-state index contributed by atoms with van der Waals surface area (Å²) in [4.78, 5) is 0. The van der Waals surface area contributed by atoms with Gasteiger partial charge in [-0.1, -0.05) is 0 Å². The van der Waals surface area contributed by atoms with Crippen LogP contribution in [0.25, 0.3) is 0 Å². The van der Waals surface area contributed by atoms with Crippen molar-refractivity contribution in [2.45, 2.75) is 12.6 Å². The van der Waals surface area contributed by atoms with Gasteiger partial charge < -0.3 is 0 Å². The van der Waals surface area contributed by atoms with Crippen LogP contribution in [0.15, 0.2) is 12.1 Å². The van der Waals surface area contributed by atoms with Gasteiger partial charge >= 0.3 is 6.18 Å². The SMILES string of the molecule is N#CCc1c(C(F)(F)F)ccc(C#N)c1C#N. The van der Waals surface area contributed by atoms with Crippen LogP contribution in [0, 0.1) is 34.0 Å². The molecule has 0 spiro atoms. The van der Waals surface area contributed by atoms with E-state index in [1.54, 1.807) is 12.1 Å². The van der Waals surface area contributed by atoms with E-state index >= 15 is 0 Å². The number of hydrogen-bond acceptors (Lipinski definition) is 3. The van der Waals surface area contributed by atoms with Crippen LogP contribution in [-0.2, 0) is 12.6 Å². The lowest BCUT2D eigenvalue weighted by Gasteiger charge is -2.12. The third-order valence-corrected chi connectivity index (χ3v) is 2.11. The first-order valence-corrected chi connectivity index (χ1v) is 4.36. The lowest BCUT2D eigenvalue weighted by atomic mass is 9.95. The second kappa shape index (κ2) is 4.55. The number of alkyl halides is 3. The van der Waals surface area contributed by atoms with Crippen molar-refractivity contribution in [2.24, 2.45) is 0 Å². The van der Waals surface area contributed by atoms with Crippen molar-refractivity contribution in [3.63, 3.8) is 0 Å². The molecule has 1 rings (SSSR count). The Labute approximate surface area is 94.9 Å². The zero-order valence-electron chi connectivity index (χ0n) is 8.34. The van der Waals surface area contributed by atoms with E-state index in [0.29, 0.717) is 6.07 Å². The summed E-state index contributed by atoms with van der Waals surface area (Å²) >= 11 is 0. The Morgan fingerprint density at radius 2 is 1.71 bits per heavy atom. The summed E-state index contributed by atoms with van der Waals surface area (Å²) in [6.45, 7) is 0. The molecule has 84 valence electrons. The maximum absolute atomic E-state index is 12.6. The largest absolute Gasteiger partial charge is 0.416 e. The average molecular weight is 235 g/mol. The van der Waals surface area contributed by atoms with Gasteiger partial charge in [-0.15, -0.1) is 0 Å². The van der Waals surface area contributed by atoms with Crippen molar-refractivity contribution in [2.75, 3.05) is 0 Å². The minimum absolute atomic E-state index is 0.161. The molecule has 17 heavy (non-hydrogen) atoms. The van der Waals surface area contributed by atoms with E-state index in [1.807, 2.05) is 0 Å². The van der Waals surface area contributed by atoms with Crippen molar-refractivity contribution in [1.82, 2.24) is 0 Å². The predicted octanol–water partition coefficient (Wildman–Crippen LogP) is 2.51. The van der Waals surface area contributed by atoms with Crippen LogP contribution in [-0.4, -0.2) is 0 Å². The highest BCUT2D eigenvalue weighted by Gasteiger charge is 2.34. The molecule has 6 heteroatoms. The summed E-state index contributed by atoms with van der Waals surface area (Å²) in [6, 6.07) is 6.37. The highest BCUT2D eigenvalue weighted by molar-refractivity contribution is 5.55. The van der Waals surface area contributed by atoms with E-state index in [0.717, 1.165) is 6.07 Å². The third kappa shape index (κ3) is 2.35. The highest BCUT2D eigenvalue weighted by atomic mass is 19.4. The minimum Gasteiger partial charge on any atom is -0.198 e. The van der Waals surface area contributed by atoms with Gasteiger partial charge in [0.25, 0.3) is 0 Å². The molecular weight excluding hydrogens is 231 g/mol. The molecule has 1 aromatic rings. The summed E-state index contributed by atoms with van der Waals surface area (Å²) in [5, 5.41) is 25.9. The fourth-order valence-corrected chi connectivity index (χ4v) is 1.40. The van der Waals surface area contributed by atoms with E-state index in [2.05, 4.69) is 0 Å². The van der Waals surface area contributed by atoms with Crippen LogP contribution in [0.1, 0.15) is 22.3 Å². The first kappa shape index (κ1) is 12.5.